The van der Waals surface area contributed by atoms with Crippen LogP contribution in [0.3, 0.4) is 0 Å². The highest BCUT2D eigenvalue weighted by atomic mass is 35.5. The highest BCUT2D eigenvalue weighted by Crippen LogP contribution is 2.16. The molecule has 0 bridgehead atoms. The molecule has 102 valence electrons. The maximum Gasteiger partial charge on any atom is 0.150 e. The molecule has 1 aromatic rings. The number of imidazole rings is 1. The Morgan fingerprint density at radius 3 is 2.83 bits per heavy atom. The minimum absolute atomic E-state index is 0.457. The standard InChI is InChI=1S/C12H21ClN2O2Si/c1-18(2,3)8-7-17-10-15-9-14-12(13)11(15)5-4-6-16/h6,9H,4-5,7-8,10H2,1-3H3. The lowest BCUT2D eigenvalue weighted by atomic mass is 10.2. The van der Waals surface area contributed by atoms with Gasteiger partial charge in [-0.05, 0) is 12.5 Å². The zero-order valence-corrected chi connectivity index (χ0v) is 13.0. The van der Waals surface area contributed by atoms with Crippen molar-refractivity contribution in [3.05, 3.63) is 17.2 Å². The molecule has 0 amide bonds. The van der Waals surface area contributed by atoms with Gasteiger partial charge in [0.25, 0.3) is 0 Å². The second-order valence-corrected chi connectivity index (χ2v) is 11.5. The van der Waals surface area contributed by atoms with Crippen molar-refractivity contribution in [1.29, 1.82) is 0 Å². The molecule has 0 saturated carbocycles. The van der Waals surface area contributed by atoms with E-state index in [0.29, 0.717) is 24.7 Å². The van der Waals surface area contributed by atoms with E-state index in [2.05, 4.69) is 24.6 Å². The molecule has 1 aromatic heterocycles. The van der Waals surface area contributed by atoms with Crippen LogP contribution in [0.2, 0.25) is 30.8 Å². The zero-order chi connectivity index (χ0) is 13.6. The molecule has 0 saturated heterocycles. The number of aromatic nitrogens is 2. The molecule has 0 atom stereocenters. The van der Waals surface area contributed by atoms with Crippen LogP contribution in [-0.4, -0.2) is 30.5 Å². The molecule has 0 radical (unpaired) electrons. The van der Waals surface area contributed by atoms with Crippen LogP contribution in [0.25, 0.3) is 0 Å². The van der Waals surface area contributed by atoms with Crippen LogP contribution in [0.5, 0.6) is 0 Å². The Morgan fingerprint density at radius 1 is 1.50 bits per heavy atom. The van der Waals surface area contributed by atoms with Gasteiger partial charge >= 0.3 is 0 Å². The third kappa shape index (κ3) is 5.33. The fourth-order valence-corrected chi connectivity index (χ4v) is 2.48. The van der Waals surface area contributed by atoms with E-state index in [1.807, 2.05) is 4.57 Å². The van der Waals surface area contributed by atoms with Gasteiger partial charge < -0.3 is 14.1 Å². The van der Waals surface area contributed by atoms with Crippen LogP contribution in [0, 0.1) is 0 Å². The quantitative estimate of drug-likeness (QED) is 0.420. The van der Waals surface area contributed by atoms with E-state index in [4.69, 9.17) is 16.3 Å². The number of hydrogen-bond acceptors (Lipinski definition) is 3. The number of ether oxygens (including phenoxy) is 1. The average Bonchev–Trinajstić information content (AvgIpc) is 2.62. The average molecular weight is 289 g/mol. The van der Waals surface area contributed by atoms with Gasteiger partial charge in [0, 0.05) is 21.1 Å². The van der Waals surface area contributed by atoms with Crippen LogP contribution in [0.4, 0.5) is 0 Å². The van der Waals surface area contributed by atoms with Crippen molar-refractivity contribution < 1.29 is 9.53 Å². The van der Waals surface area contributed by atoms with E-state index in [-0.39, 0.29) is 0 Å². The van der Waals surface area contributed by atoms with Crippen molar-refractivity contribution >= 4 is 26.0 Å². The van der Waals surface area contributed by atoms with Gasteiger partial charge in [0.2, 0.25) is 0 Å². The van der Waals surface area contributed by atoms with E-state index in [9.17, 15) is 4.79 Å². The van der Waals surface area contributed by atoms with E-state index >= 15 is 0 Å². The molecule has 0 aliphatic heterocycles. The highest BCUT2D eigenvalue weighted by Gasteiger charge is 2.13. The second kappa shape index (κ2) is 7.06. The Kier molecular flexibility index (Phi) is 6.04. The van der Waals surface area contributed by atoms with Crippen molar-refractivity contribution in [3.8, 4) is 0 Å². The summed E-state index contributed by atoms with van der Waals surface area (Å²) >= 11 is 5.97. The number of rotatable bonds is 8. The fourth-order valence-electron chi connectivity index (χ4n) is 1.48. The third-order valence-electron chi connectivity index (χ3n) is 2.62. The highest BCUT2D eigenvalue weighted by molar-refractivity contribution is 6.76. The van der Waals surface area contributed by atoms with Crippen LogP contribution >= 0.6 is 11.6 Å². The summed E-state index contributed by atoms with van der Waals surface area (Å²) in [7, 11) is -1.05. The molecule has 0 aromatic carbocycles. The van der Waals surface area contributed by atoms with E-state index in [0.717, 1.165) is 24.6 Å². The zero-order valence-electron chi connectivity index (χ0n) is 11.3. The monoisotopic (exact) mass is 288 g/mol. The first kappa shape index (κ1) is 15.4. The number of halogens is 1. The Bertz CT molecular complexity index is 388. The van der Waals surface area contributed by atoms with Gasteiger partial charge in [0.05, 0.1) is 12.0 Å². The van der Waals surface area contributed by atoms with Crippen molar-refractivity contribution in [2.45, 2.75) is 45.3 Å². The van der Waals surface area contributed by atoms with Gasteiger partial charge in [0.1, 0.15) is 18.2 Å². The Labute approximate surface area is 114 Å². The summed E-state index contributed by atoms with van der Waals surface area (Å²) in [5, 5.41) is 0.464. The first-order chi connectivity index (χ1) is 8.44. The van der Waals surface area contributed by atoms with Gasteiger partial charge in [-0.3, -0.25) is 0 Å². The van der Waals surface area contributed by atoms with Crippen LogP contribution < -0.4 is 0 Å². The number of aldehydes is 1. The summed E-state index contributed by atoms with van der Waals surface area (Å²) < 4.78 is 7.51. The van der Waals surface area contributed by atoms with Crippen LogP contribution in [-0.2, 0) is 22.7 Å². The van der Waals surface area contributed by atoms with Crippen LogP contribution in [0.1, 0.15) is 12.1 Å². The molecule has 0 unspecified atom stereocenters. The molecule has 0 spiro atoms. The molecular formula is C12H21ClN2O2Si. The van der Waals surface area contributed by atoms with Gasteiger partial charge in [0.15, 0.2) is 0 Å². The predicted octanol–water partition coefficient (Wildman–Crippen LogP) is 2.98. The molecule has 1 heterocycles. The number of carbonyl (C=O) groups excluding carboxylic acids is 1. The molecule has 0 fully saturated rings. The molecule has 0 N–H and O–H groups in total. The normalized spacial score (nSPS) is 11.8. The lowest BCUT2D eigenvalue weighted by molar-refractivity contribution is -0.107. The third-order valence-corrected chi connectivity index (χ3v) is 4.64. The summed E-state index contributed by atoms with van der Waals surface area (Å²) in [4.78, 5) is 14.4. The van der Waals surface area contributed by atoms with E-state index in [1.165, 1.54) is 0 Å². The number of nitrogens with zero attached hydrogens (tertiary/aromatic N) is 2. The Hall–Kier alpha value is -0.653. The Morgan fingerprint density at radius 2 is 2.22 bits per heavy atom. The largest absolute Gasteiger partial charge is 0.361 e. The van der Waals surface area contributed by atoms with Gasteiger partial charge in [-0.2, -0.15) is 0 Å². The molecule has 6 heteroatoms. The first-order valence-corrected chi connectivity index (χ1v) is 10.2. The van der Waals surface area contributed by atoms with Crippen molar-refractivity contribution in [3.63, 3.8) is 0 Å². The van der Waals surface area contributed by atoms with Crippen molar-refractivity contribution in [1.82, 2.24) is 9.55 Å². The molecular weight excluding hydrogens is 268 g/mol. The lowest BCUT2D eigenvalue weighted by Crippen LogP contribution is -2.22. The smallest absolute Gasteiger partial charge is 0.150 e. The van der Waals surface area contributed by atoms with E-state index in [1.54, 1.807) is 6.33 Å². The minimum Gasteiger partial charge on any atom is -0.361 e. The van der Waals surface area contributed by atoms with Gasteiger partial charge in [-0.15, -0.1) is 0 Å². The Balaban J connectivity index is 2.44. The molecule has 0 aliphatic carbocycles. The van der Waals surface area contributed by atoms with Crippen molar-refractivity contribution in [2.24, 2.45) is 0 Å². The fraction of sp³-hybridized carbons (Fsp3) is 0.667. The summed E-state index contributed by atoms with van der Waals surface area (Å²) in [5.41, 5.74) is 0.872. The summed E-state index contributed by atoms with van der Waals surface area (Å²) in [6.45, 7) is 8.18. The van der Waals surface area contributed by atoms with Gasteiger partial charge in [-0.1, -0.05) is 31.2 Å². The topological polar surface area (TPSA) is 44.1 Å². The van der Waals surface area contributed by atoms with Gasteiger partial charge in [-0.25, -0.2) is 4.98 Å². The summed E-state index contributed by atoms with van der Waals surface area (Å²) in [6.07, 6.45) is 3.62. The maximum absolute atomic E-state index is 10.4. The predicted molar refractivity (Wildman–Crippen MR) is 75.7 cm³/mol. The second-order valence-electron chi connectivity index (χ2n) is 5.51. The molecule has 18 heavy (non-hydrogen) atoms. The lowest BCUT2D eigenvalue weighted by Gasteiger charge is -2.16. The molecule has 1 rings (SSSR count). The first-order valence-electron chi connectivity index (χ1n) is 6.15. The molecule has 0 aliphatic rings. The summed E-state index contributed by atoms with van der Waals surface area (Å²) in [5.74, 6) is 0. The van der Waals surface area contributed by atoms with Crippen molar-refractivity contribution in [2.75, 3.05) is 6.61 Å². The molecule has 4 nitrogen and oxygen atoms in total. The number of carbonyl (C=O) groups is 1. The van der Waals surface area contributed by atoms with E-state index < -0.39 is 8.07 Å². The number of hydrogen-bond donors (Lipinski definition) is 0. The minimum atomic E-state index is -1.05. The SMILES string of the molecule is C[Si](C)(C)CCOCn1cnc(Cl)c1CCC=O. The maximum atomic E-state index is 10.4. The van der Waals surface area contributed by atoms with Crippen LogP contribution in [0.15, 0.2) is 6.33 Å². The summed E-state index contributed by atoms with van der Waals surface area (Å²) in [6, 6.07) is 1.14.